The van der Waals surface area contributed by atoms with E-state index in [4.69, 9.17) is 18.9 Å². The molecule has 3 rings (SSSR count). The van der Waals surface area contributed by atoms with Gasteiger partial charge in [-0.2, -0.15) is 5.26 Å². The Kier molecular flexibility index (Phi) is 8.56. The monoisotopic (exact) mass is 473 g/mol. The van der Waals surface area contributed by atoms with Crippen LogP contribution in [0.2, 0.25) is 0 Å². The SMILES string of the molecule is N#C[C@@H](O[C@H]1O[C@H](CO)[C@@H](O)[C@H](O)[C@H]1O)c1ccc(O[C@H]2O[C@H](CO)[C@@H](O)[C@H](O)[C@H]2O)cc1. The van der Waals surface area contributed by atoms with Crippen LogP contribution in [0, 0.1) is 11.3 Å². The molecule has 0 unspecified atom stereocenters. The Balaban J connectivity index is 1.66. The zero-order chi connectivity index (χ0) is 24.3. The third kappa shape index (κ3) is 5.43. The van der Waals surface area contributed by atoms with E-state index < -0.39 is 80.7 Å². The number of aliphatic hydroxyl groups is 8. The van der Waals surface area contributed by atoms with Gasteiger partial charge >= 0.3 is 0 Å². The van der Waals surface area contributed by atoms with E-state index in [0.717, 1.165) is 0 Å². The van der Waals surface area contributed by atoms with Crippen LogP contribution in [0.4, 0.5) is 0 Å². The number of hydrogen-bond donors (Lipinski definition) is 8. The van der Waals surface area contributed by atoms with Crippen molar-refractivity contribution in [1.82, 2.24) is 0 Å². The molecule has 2 heterocycles. The Hall–Kier alpha value is -1.93. The first-order valence-electron chi connectivity index (χ1n) is 10.1. The minimum atomic E-state index is -1.67. The predicted molar refractivity (Wildman–Crippen MR) is 104 cm³/mol. The van der Waals surface area contributed by atoms with E-state index in [9.17, 15) is 46.1 Å². The maximum absolute atomic E-state index is 10.1. The van der Waals surface area contributed by atoms with Gasteiger partial charge in [0, 0.05) is 0 Å². The van der Waals surface area contributed by atoms with E-state index >= 15 is 0 Å². The van der Waals surface area contributed by atoms with Crippen molar-refractivity contribution in [3.05, 3.63) is 29.8 Å². The molecule has 13 heteroatoms. The summed E-state index contributed by atoms with van der Waals surface area (Å²) in [5.74, 6) is 0.160. The number of hydrogen-bond acceptors (Lipinski definition) is 13. The third-order valence-electron chi connectivity index (χ3n) is 5.52. The lowest BCUT2D eigenvalue weighted by atomic mass is 9.99. The molecular formula is C20H27NO12. The summed E-state index contributed by atoms with van der Waals surface area (Å²) in [5.41, 5.74) is 0.301. The van der Waals surface area contributed by atoms with Crippen LogP contribution < -0.4 is 4.74 Å². The standard InChI is InChI=1S/C20H27NO12/c21-5-10(31-20-18(29)16(27)14(25)12(7-23)33-20)8-1-3-9(4-2-8)30-19-17(28)15(26)13(24)11(6-22)32-19/h1-4,10-20,22-29H,6-7H2/t10-,11-,12-,13-,14-,15+,16+,17-,18-,19+,20+/m1/s1. The van der Waals surface area contributed by atoms with E-state index in [1.807, 2.05) is 6.07 Å². The van der Waals surface area contributed by atoms with Crippen molar-refractivity contribution in [2.75, 3.05) is 13.2 Å². The van der Waals surface area contributed by atoms with Crippen molar-refractivity contribution in [2.45, 2.75) is 67.5 Å². The summed E-state index contributed by atoms with van der Waals surface area (Å²) in [6.45, 7) is -1.26. The van der Waals surface area contributed by atoms with Crippen LogP contribution >= 0.6 is 0 Å². The molecule has 2 aliphatic rings. The molecular weight excluding hydrogens is 446 g/mol. The maximum atomic E-state index is 10.1. The van der Waals surface area contributed by atoms with Crippen LogP contribution in [-0.4, -0.2) is 115 Å². The van der Waals surface area contributed by atoms with E-state index in [0.29, 0.717) is 5.56 Å². The number of nitriles is 1. The van der Waals surface area contributed by atoms with E-state index in [1.165, 1.54) is 24.3 Å². The number of benzene rings is 1. The van der Waals surface area contributed by atoms with Gasteiger partial charge in [-0.15, -0.1) is 0 Å². The van der Waals surface area contributed by atoms with Crippen molar-refractivity contribution in [3.8, 4) is 11.8 Å². The van der Waals surface area contributed by atoms with Gasteiger partial charge in [-0.3, -0.25) is 0 Å². The molecule has 2 fully saturated rings. The van der Waals surface area contributed by atoms with Gasteiger partial charge < -0.3 is 59.8 Å². The largest absolute Gasteiger partial charge is 0.462 e. The second kappa shape index (κ2) is 11.0. The second-order valence-corrected chi connectivity index (χ2v) is 7.73. The quantitative estimate of drug-likeness (QED) is 0.191. The summed E-state index contributed by atoms with van der Waals surface area (Å²) >= 11 is 0. The first-order chi connectivity index (χ1) is 15.7. The second-order valence-electron chi connectivity index (χ2n) is 7.73. The zero-order valence-electron chi connectivity index (χ0n) is 17.2. The Bertz CT molecular complexity index is 799. The Morgan fingerprint density at radius 3 is 1.73 bits per heavy atom. The van der Waals surface area contributed by atoms with Crippen molar-refractivity contribution in [1.29, 1.82) is 5.26 Å². The summed E-state index contributed by atoms with van der Waals surface area (Å²) in [6.07, 6.45) is -16.1. The highest BCUT2D eigenvalue weighted by Crippen LogP contribution is 2.29. The van der Waals surface area contributed by atoms with Crippen LogP contribution in [-0.2, 0) is 14.2 Å². The lowest BCUT2D eigenvalue weighted by Gasteiger charge is -2.40. The van der Waals surface area contributed by atoms with Crippen LogP contribution in [0.1, 0.15) is 11.7 Å². The fraction of sp³-hybridized carbons (Fsp3) is 0.650. The van der Waals surface area contributed by atoms with Gasteiger partial charge in [-0.05, 0) is 17.7 Å². The first kappa shape index (κ1) is 25.7. The Labute approximate surface area is 188 Å². The molecule has 0 radical (unpaired) electrons. The maximum Gasteiger partial charge on any atom is 0.229 e. The molecule has 33 heavy (non-hydrogen) atoms. The van der Waals surface area contributed by atoms with Gasteiger partial charge in [0.1, 0.15) is 54.6 Å². The normalized spacial score (nSPS) is 40.1. The van der Waals surface area contributed by atoms with Crippen molar-refractivity contribution < 1.29 is 59.8 Å². The van der Waals surface area contributed by atoms with E-state index in [-0.39, 0.29) is 5.75 Å². The molecule has 11 atom stereocenters. The number of aliphatic hydroxyl groups excluding tert-OH is 8. The van der Waals surface area contributed by atoms with Crippen LogP contribution in [0.15, 0.2) is 24.3 Å². The number of nitrogens with zero attached hydrogens (tertiary/aromatic N) is 1. The average molecular weight is 473 g/mol. The molecule has 0 aliphatic carbocycles. The fourth-order valence-corrected chi connectivity index (χ4v) is 3.52. The molecule has 0 bridgehead atoms. The highest BCUT2D eigenvalue weighted by molar-refractivity contribution is 5.31. The van der Waals surface area contributed by atoms with Gasteiger partial charge in [0.2, 0.25) is 6.29 Å². The fourth-order valence-electron chi connectivity index (χ4n) is 3.52. The topological polar surface area (TPSA) is 223 Å². The lowest BCUT2D eigenvalue weighted by molar-refractivity contribution is -0.307. The van der Waals surface area contributed by atoms with E-state index in [2.05, 4.69) is 0 Å². The molecule has 0 saturated carbocycles. The molecule has 1 aromatic carbocycles. The van der Waals surface area contributed by atoms with Crippen molar-refractivity contribution in [3.63, 3.8) is 0 Å². The predicted octanol–water partition coefficient (Wildman–Crippen LogP) is -3.75. The van der Waals surface area contributed by atoms with Gasteiger partial charge in [0.15, 0.2) is 12.4 Å². The molecule has 8 N–H and O–H groups in total. The molecule has 0 aromatic heterocycles. The van der Waals surface area contributed by atoms with E-state index in [1.54, 1.807) is 0 Å². The summed E-state index contributed by atoms with van der Waals surface area (Å²) in [4.78, 5) is 0. The van der Waals surface area contributed by atoms with Crippen molar-refractivity contribution in [2.24, 2.45) is 0 Å². The molecule has 0 amide bonds. The smallest absolute Gasteiger partial charge is 0.229 e. The molecule has 0 spiro atoms. The number of ether oxygens (including phenoxy) is 4. The van der Waals surface area contributed by atoms with Crippen LogP contribution in [0.3, 0.4) is 0 Å². The highest BCUT2D eigenvalue weighted by atomic mass is 16.7. The molecule has 13 nitrogen and oxygen atoms in total. The average Bonchev–Trinajstić information content (AvgIpc) is 2.83. The summed E-state index contributed by atoms with van der Waals surface area (Å²) in [5, 5.41) is 87.5. The minimum absolute atomic E-state index is 0.160. The first-order valence-corrected chi connectivity index (χ1v) is 10.1. The molecule has 184 valence electrons. The lowest BCUT2D eigenvalue weighted by Crippen LogP contribution is -2.60. The highest BCUT2D eigenvalue weighted by Gasteiger charge is 2.46. The third-order valence-corrected chi connectivity index (χ3v) is 5.52. The zero-order valence-corrected chi connectivity index (χ0v) is 17.2. The molecule has 2 saturated heterocycles. The number of rotatable bonds is 7. The summed E-state index contributed by atoms with van der Waals surface area (Å²) < 4.78 is 21.4. The van der Waals surface area contributed by atoms with Gasteiger partial charge in [0.25, 0.3) is 0 Å². The Morgan fingerprint density at radius 1 is 0.758 bits per heavy atom. The summed E-state index contributed by atoms with van der Waals surface area (Å²) in [6, 6.07) is 7.52. The molecule has 1 aromatic rings. The van der Waals surface area contributed by atoms with Crippen LogP contribution in [0.25, 0.3) is 0 Å². The summed E-state index contributed by atoms with van der Waals surface area (Å²) in [7, 11) is 0. The van der Waals surface area contributed by atoms with Gasteiger partial charge in [-0.25, -0.2) is 0 Å². The molecule has 2 aliphatic heterocycles. The Morgan fingerprint density at radius 2 is 1.24 bits per heavy atom. The minimum Gasteiger partial charge on any atom is -0.462 e. The van der Waals surface area contributed by atoms with Crippen molar-refractivity contribution >= 4 is 0 Å². The van der Waals surface area contributed by atoms with Gasteiger partial charge in [0.05, 0.1) is 19.3 Å². The van der Waals surface area contributed by atoms with Gasteiger partial charge in [-0.1, -0.05) is 12.1 Å². The van der Waals surface area contributed by atoms with Crippen LogP contribution in [0.5, 0.6) is 5.75 Å².